The second kappa shape index (κ2) is 9.05. The van der Waals surface area contributed by atoms with Crippen LogP contribution in [-0.2, 0) is 9.59 Å². The van der Waals surface area contributed by atoms with Crippen molar-refractivity contribution in [2.45, 2.75) is 12.8 Å². The predicted molar refractivity (Wildman–Crippen MR) is 98.2 cm³/mol. The summed E-state index contributed by atoms with van der Waals surface area (Å²) in [6.07, 6.45) is 1.34. The van der Waals surface area contributed by atoms with Gasteiger partial charge in [-0.2, -0.15) is 5.10 Å². The molecule has 0 aliphatic carbocycles. The quantitative estimate of drug-likeness (QED) is 0.529. The van der Waals surface area contributed by atoms with E-state index >= 15 is 0 Å². The number of rotatable bonds is 6. The Bertz CT molecular complexity index is 809. The zero-order chi connectivity index (χ0) is 18.2. The minimum absolute atomic E-state index is 0.0214. The molecule has 130 valence electrons. The third kappa shape index (κ3) is 6.45. The first-order valence-corrected chi connectivity index (χ1v) is 8.05. The van der Waals surface area contributed by atoms with Crippen LogP contribution >= 0.6 is 23.2 Å². The van der Waals surface area contributed by atoms with Gasteiger partial charge >= 0.3 is 0 Å². The number of anilines is 1. The van der Waals surface area contributed by atoms with Gasteiger partial charge in [-0.25, -0.2) is 5.43 Å². The second-order valence-corrected chi connectivity index (χ2v) is 5.90. The Morgan fingerprint density at radius 2 is 1.84 bits per heavy atom. The number of hydrogen-bond acceptors (Lipinski definition) is 4. The first kappa shape index (κ1) is 18.8. The van der Waals surface area contributed by atoms with Gasteiger partial charge in [0.25, 0.3) is 0 Å². The number of benzene rings is 2. The van der Waals surface area contributed by atoms with Crippen LogP contribution in [0.5, 0.6) is 5.75 Å². The van der Waals surface area contributed by atoms with Crippen LogP contribution in [-0.4, -0.2) is 23.1 Å². The van der Waals surface area contributed by atoms with E-state index in [-0.39, 0.29) is 24.5 Å². The van der Waals surface area contributed by atoms with Crippen molar-refractivity contribution in [3.8, 4) is 5.75 Å². The van der Waals surface area contributed by atoms with Crippen LogP contribution in [0.4, 0.5) is 5.69 Å². The fraction of sp³-hybridized carbons (Fsp3) is 0.118. The molecule has 2 aromatic carbocycles. The molecule has 25 heavy (non-hydrogen) atoms. The molecule has 0 saturated carbocycles. The number of nitrogens with one attached hydrogen (secondary N) is 2. The third-order valence-corrected chi connectivity index (χ3v) is 3.61. The number of phenols is 1. The molecule has 6 nitrogen and oxygen atoms in total. The molecule has 0 heterocycles. The van der Waals surface area contributed by atoms with E-state index in [0.717, 1.165) is 0 Å². The summed E-state index contributed by atoms with van der Waals surface area (Å²) in [5.41, 5.74) is 3.38. The molecule has 0 radical (unpaired) electrons. The summed E-state index contributed by atoms with van der Waals surface area (Å²) in [6, 6.07) is 11.1. The monoisotopic (exact) mass is 379 g/mol. The number of phenolic OH excluding ortho intramolecular Hbond substituents is 1. The Kier molecular flexibility index (Phi) is 6.80. The van der Waals surface area contributed by atoms with Gasteiger partial charge < -0.3 is 10.4 Å². The molecule has 8 heteroatoms. The summed E-state index contributed by atoms with van der Waals surface area (Å²) >= 11 is 11.7. The van der Waals surface area contributed by atoms with E-state index in [2.05, 4.69) is 15.8 Å². The molecule has 0 bridgehead atoms. The minimum Gasteiger partial charge on any atom is -0.508 e. The fourth-order valence-corrected chi connectivity index (χ4v) is 2.33. The van der Waals surface area contributed by atoms with Gasteiger partial charge in [0.05, 0.1) is 16.9 Å². The van der Waals surface area contributed by atoms with Crippen molar-refractivity contribution in [1.82, 2.24) is 5.43 Å². The smallest absolute Gasteiger partial charge is 0.240 e. The molecule has 0 fully saturated rings. The number of hydrazone groups is 1. The number of nitrogens with zero attached hydrogens (tertiary/aromatic N) is 1. The Morgan fingerprint density at radius 1 is 1.08 bits per heavy atom. The van der Waals surface area contributed by atoms with Crippen LogP contribution in [0.1, 0.15) is 18.4 Å². The third-order valence-electron chi connectivity index (χ3n) is 3.06. The average molecular weight is 380 g/mol. The van der Waals surface area contributed by atoms with Gasteiger partial charge in [-0.1, -0.05) is 35.3 Å². The first-order chi connectivity index (χ1) is 11.9. The van der Waals surface area contributed by atoms with Crippen LogP contribution in [0.15, 0.2) is 47.6 Å². The maximum Gasteiger partial charge on any atom is 0.240 e. The molecule has 0 aliphatic heterocycles. The summed E-state index contributed by atoms with van der Waals surface area (Å²) in [6.45, 7) is 0. The maximum atomic E-state index is 11.8. The lowest BCUT2D eigenvalue weighted by atomic mass is 10.2. The van der Waals surface area contributed by atoms with Crippen LogP contribution in [0, 0.1) is 0 Å². The van der Waals surface area contributed by atoms with Crippen molar-refractivity contribution in [3.05, 3.63) is 58.1 Å². The van der Waals surface area contributed by atoms with Gasteiger partial charge in [-0.05, 0) is 35.9 Å². The highest BCUT2D eigenvalue weighted by Crippen LogP contribution is 2.25. The standard InChI is InChI=1S/C17H15Cl2N3O3/c18-12-4-5-15(14(19)9-12)21-16(24)6-7-17(25)22-20-10-11-2-1-3-13(23)8-11/h1-5,8-10,23H,6-7H2,(H,21,24)(H,22,25). The molecule has 0 aromatic heterocycles. The molecule has 0 spiro atoms. The van der Waals surface area contributed by atoms with Crippen LogP contribution in [0.3, 0.4) is 0 Å². The minimum atomic E-state index is -0.409. The summed E-state index contributed by atoms with van der Waals surface area (Å²) in [5, 5.41) is 16.5. The average Bonchev–Trinajstić information content (AvgIpc) is 2.56. The topological polar surface area (TPSA) is 90.8 Å². The Balaban J connectivity index is 1.76. The van der Waals surface area contributed by atoms with Crippen molar-refractivity contribution in [3.63, 3.8) is 0 Å². The fourth-order valence-electron chi connectivity index (χ4n) is 1.87. The number of halogens is 2. The lowest BCUT2D eigenvalue weighted by molar-refractivity contribution is -0.124. The molecule has 0 saturated heterocycles. The van der Waals surface area contributed by atoms with Gasteiger partial charge in [-0.15, -0.1) is 0 Å². The van der Waals surface area contributed by atoms with E-state index in [1.807, 2.05) is 0 Å². The van der Waals surface area contributed by atoms with Crippen molar-refractivity contribution in [2.75, 3.05) is 5.32 Å². The van der Waals surface area contributed by atoms with Gasteiger partial charge in [0.2, 0.25) is 11.8 Å². The first-order valence-electron chi connectivity index (χ1n) is 7.30. The molecule has 2 amide bonds. The van der Waals surface area contributed by atoms with E-state index in [9.17, 15) is 14.7 Å². The summed E-state index contributed by atoms with van der Waals surface area (Å²) in [7, 11) is 0. The SMILES string of the molecule is O=C(CCC(=O)Nc1ccc(Cl)cc1Cl)NN=Cc1cccc(O)c1. The van der Waals surface area contributed by atoms with E-state index in [1.54, 1.807) is 24.3 Å². The zero-order valence-corrected chi connectivity index (χ0v) is 14.5. The second-order valence-electron chi connectivity index (χ2n) is 5.06. The Labute approximate surface area is 154 Å². The number of amides is 2. The molecule has 3 N–H and O–H groups in total. The van der Waals surface area contributed by atoms with Crippen molar-refractivity contribution in [1.29, 1.82) is 0 Å². The van der Waals surface area contributed by atoms with Crippen LogP contribution in [0.25, 0.3) is 0 Å². The zero-order valence-electron chi connectivity index (χ0n) is 13.0. The van der Waals surface area contributed by atoms with E-state index in [1.165, 1.54) is 24.4 Å². The van der Waals surface area contributed by atoms with E-state index in [0.29, 0.717) is 21.3 Å². The summed E-state index contributed by atoms with van der Waals surface area (Å²) in [5.74, 6) is -0.655. The van der Waals surface area contributed by atoms with Gasteiger partial charge in [0.15, 0.2) is 0 Å². The molecular formula is C17H15Cl2N3O3. The molecule has 2 aromatic rings. The number of aromatic hydroxyl groups is 1. The van der Waals surface area contributed by atoms with Crippen molar-refractivity contribution < 1.29 is 14.7 Å². The highest BCUT2D eigenvalue weighted by atomic mass is 35.5. The maximum absolute atomic E-state index is 11.8. The highest BCUT2D eigenvalue weighted by Gasteiger charge is 2.09. The molecular weight excluding hydrogens is 365 g/mol. The Morgan fingerprint density at radius 3 is 2.56 bits per heavy atom. The molecule has 0 unspecified atom stereocenters. The summed E-state index contributed by atoms with van der Waals surface area (Å²) < 4.78 is 0. The van der Waals surface area contributed by atoms with Crippen molar-refractivity contribution >= 4 is 46.9 Å². The Hall–Kier alpha value is -2.57. The number of carbonyl (C=O) groups excluding carboxylic acids is 2. The van der Waals surface area contributed by atoms with E-state index < -0.39 is 5.91 Å². The largest absolute Gasteiger partial charge is 0.508 e. The predicted octanol–water partition coefficient (Wildman–Crippen LogP) is 3.57. The molecule has 0 aliphatic rings. The lowest BCUT2D eigenvalue weighted by Crippen LogP contribution is -2.20. The van der Waals surface area contributed by atoms with E-state index in [4.69, 9.17) is 23.2 Å². The lowest BCUT2D eigenvalue weighted by Gasteiger charge is -2.07. The van der Waals surface area contributed by atoms with Gasteiger partial charge in [0.1, 0.15) is 5.75 Å². The highest BCUT2D eigenvalue weighted by molar-refractivity contribution is 6.36. The van der Waals surface area contributed by atoms with Crippen LogP contribution < -0.4 is 10.7 Å². The number of carbonyl (C=O) groups is 2. The molecule has 0 atom stereocenters. The van der Waals surface area contributed by atoms with Crippen LogP contribution in [0.2, 0.25) is 10.0 Å². The normalized spacial score (nSPS) is 10.6. The van der Waals surface area contributed by atoms with Gasteiger partial charge in [0, 0.05) is 17.9 Å². The number of hydrogen-bond donors (Lipinski definition) is 3. The summed E-state index contributed by atoms with van der Waals surface area (Å²) in [4.78, 5) is 23.5. The molecule has 2 rings (SSSR count). The van der Waals surface area contributed by atoms with Crippen molar-refractivity contribution in [2.24, 2.45) is 5.10 Å². The van der Waals surface area contributed by atoms with Gasteiger partial charge in [-0.3, -0.25) is 9.59 Å².